The SMILES string of the molecule is C1CC2(C1)CC1(CCO2)CO1. The maximum Gasteiger partial charge on any atom is 0.0965 e. The average molecular weight is 154 g/mol. The summed E-state index contributed by atoms with van der Waals surface area (Å²) in [7, 11) is 0. The van der Waals surface area contributed by atoms with Crippen LogP contribution in [0.4, 0.5) is 0 Å². The van der Waals surface area contributed by atoms with Crippen molar-refractivity contribution >= 4 is 0 Å². The van der Waals surface area contributed by atoms with Crippen LogP contribution in [0.25, 0.3) is 0 Å². The number of rotatable bonds is 0. The quantitative estimate of drug-likeness (QED) is 0.493. The highest BCUT2D eigenvalue weighted by Crippen LogP contribution is 2.51. The molecule has 3 aliphatic rings. The third-order valence-electron chi connectivity index (χ3n) is 3.43. The van der Waals surface area contributed by atoms with Gasteiger partial charge in [0, 0.05) is 12.8 Å². The van der Waals surface area contributed by atoms with E-state index in [1.807, 2.05) is 0 Å². The second-order valence-corrected chi connectivity index (χ2v) is 4.28. The average Bonchev–Trinajstić information content (AvgIpc) is 2.66. The van der Waals surface area contributed by atoms with Gasteiger partial charge in [0.05, 0.1) is 24.4 Å². The lowest BCUT2D eigenvalue weighted by atomic mass is 9.72. The first kappa shape index (κ1) is 6.44. The first-order chi connectivity index (χ1) is 5.33. The largest absolute Gasteiger partial charge is 0.375 e. The van der Waals surface area contributed by atoms with Gasteiger partial charge in [-0.25, -0.2) is 0 Å². The fourth-order valence-electron chi connectivity index (χ4n) is 2.42. The van der Waals surface area contributed by atoms with Gasteiger partial charge < -0.3 is 9.47 Å². The first-order valence-electron chi connectivity index (χ1n) is 4.61. The highest BCUT2D eigenvalue weighted by atomic mass is 16.6. The Morgan fingerprint density at radius 1 is 0.909 bits per heavy atom. The molecule has 62 valence electrons. The molecule has 2 saturated heterocycles. The molecule has 0 aromatic rings. The minimum absolute atomic E-state index is 0.273. The lowest BCUT2D eigenvalue weighted by Gasteiger charge is -2.46. The Morgan fingerprint density at radius 3 is 2.27 bits per heavy atom. The molecule has 2 aliphatic heterocycles. The van der Waals surface area contributed by atoms with Crippen molar-refractivity contribution in [1.82, 2.24) is 0 Å². The Balaban J connectivity index is 1.77. The van der Waals surface area contributed by atoms with Crippen molar-refractivity contribution in [2.45, 2.75) is 43.3 Å². The zero-order valence-electron chi connectivity index (χ0n) is 6.77. The highest BCUT2D eigenvalue weighted by molar-refractivity contribution is 5.05. The predicted octanol–water partition coefficient (Wildman–Crippen LogP) is 1.49. The molecule has 1 aliphatic carbocycles. The molecule has 1 saturated carbocycles. The van der Waals surface area contributed by atoms with Gasteiger partial charge >= 0.3 is 0 Å². The standard InChI is InChI=1S/C9H14O2/c1-2-8(3-1)6-9(7-11-9)4-5-10-8/h1-7H2. The van der Waals surface area contributed by atoms with Crippen LogP contribution in [-0.2, 0) is 9.47 Å². The lowest BCUT2D eigenvalue weighted by Crippen LogP contribution is -2.48. The second kappa shape index (κ2) is 1.80. The molecular formula is C9H14O2. The van der Waals surface area contributed by atoms with Crippen molar-refractivity contribution < 1.29 is 9.47 Å². The van der Waals surface area contributed by atoms with Gasteiger partial charge in [0.1, 0.15) is 0 Å². The van der Waals surface area contributed by atoms with Crippen LogP contribution in [0.5, 0.6) is 0 Å². The Kier molecular flexibility index (Phi) is 1.06. The summed E-state index contributed by atoms with van der Waals surface area (Å²) < 4.78 is 11.3. The Morgan fingerprint density at radius 2 is 1.73 bits per heavy atom. The van der Waals surface area contributed by atoms with E-state index < -0.39 is 0 Å². The summed E-state index contributed by atoms with van der Waals surface area (Å²) in [5, 5.41) is 0. The monoisotopic (exact) mass is 154 g/mol. The maximum atomic E-state index is 5.80. The second-order valence-electron chi connectivity index (χ2n) is 4.28. The summed E-state index contributed by atoms with van der Waals surface area (Å²) in [5.41, 5.74) is 0.563. The number of ether oxygens (including phenoxy) is 2. The molecule has 0 aromatic heterocycles. The Hall–Kier alpha value is -0.0800. The van der Waals surface area contributed by atoms with Crippen molar-refractivity contribution in [3.05, 3.63) is 0 Å². The Labute approximate surface area is 66.9 Å². The molecule has 1 unspecified atom stereocenters. The van der Waals surface area contributed by atoms with E-state index in [0.717, 1.165) is 19.6 Å². The summed E-state index contributed by atoms with van der Waals surface area (Å²) in [6.07, 6.45) is 6.22. The minimum atomic E-state index is 0.273. The molecule has 1 atom stereocenters. The van der Waals surface area contributed by atoms with Crippen molar-refractivity contribution in [2.24, 2.45) is 0 Å². The molecule has 0 N–H and O–H groups in total. The van der Waals surface area contributed by atoms with E-state index in [-0.39, 0.29) is 5.60 Å². The van der Waals surface area contributed by atoms with E-state index in [1.165, 1.54) is 25.7 Å². The zero-order valence-corrected chi connectivity index (χ0v) is 6.77. The van der Waals surface area contributed by atoms with Gasteiger partial charge in [-0.1, -0.05) is 0 Å². The summed E-state index contributed by atoms with van der Waals surface area (Å²) in [5.74, 6) is 0. The van der Waals surface area contributed by atoms with E-state index >= 15 is 0 Å². The summed E-state index contributed by atoms with van der Waals surface area (Å²) in [4.78, 5) is 0. The Bertz CT molecular complexity index is 180. The summed E-state index contributed by atoms with van der Waals surface area (Å²) in [6.45, 7) is 1.93. The third-order valence-corrected chi connectivity index (χ3v) is 3.43. The molecule has 3 rings (SSSR count). The molecule has 3 fully saturated rings. The molecule has 2 heterocycles. The molecule has 2 spiro atoms. The van der Waals surface area contributed by atoms with Gasteiger partial charge in [0.2, 0.25) is 0 Å². The van der Waals surface area contributed by atoms with Crippen molar-refractivity contribution in [3.63, 3.8) is 0 Å². The third kappa shape index (κ3) is 0.859. The molecule has 0 radical (unpaired) electrons. The predicted molar refractivity (Wildman–Crippen MR) is 40.5 cm³/mol. The molecule has 0 aromatic carbocycles. The number of hydrogen-bond donors (Lipinski definition) is 0. The van der Waals surface area contributed by atoms with Crippen molar-refractivity contribution in [3.8, 4) is 0 Å². The van der Waals surface area contributed by atoms with Gasteiger partial charge in [0.15, 0.2) is 0 Å². The summed E-state index contributed by atoms with van der Waals surface area (Å²) >= 11 is 0. The van der Waals surface area contributed by atoms with E-state index in [2.05, 4.69) is 0 Å². The van der Waals surface area contributed by atoms with E-state index in [0.29, 0.717) is 5.60 Å². The van der Waals surface area contributed by atoms with E-state index in [1.54, 1.807) is 0 Å². The van der Waals surface area contributed by atoms with Crippen LogP contribution in [0, 0.1) is 0 Å². The van der Waals surface area contributed by atoms with Gasteiger partial charge in [0.25, 0.3) is 0 Å². The molecule has 0 amide bonds. The lowest BCUT2D eigenvalue weighted by molar-refractivity contribution is -0.147. The fraction of sp³-hybridized carbons (Fsp3) is 1.00. The van der Waals surface area contributed by atoms with Gasteiger partial charge in [-0.05, 0) is 19.3 Å². The van der Waals surface area contributed by atoms with Gasteiger partial charge in [-0.3, -0.25) is 0 Å². The topological polar surface area (TPSA) is 21.8 Å². The van der Waals surface area contributed by atoms with Gasteiger partial charge in [-0.2, -0.15) is 0 Å². The minimum Gasteiger partial charge on any atom is -0.375 e. The molecule has 2 nitrogen and oxygen atoms in total. The van der Waals surface area contributed by atoms with Crippen LogP contribution in [0.1, 0.15) is 32.1 Å². The van der Waals surface area contributed by atoms with Crippen LogP contribution >= 0.6 is 0 Å². The number of epoxide rings is 1. The molecule has 11 heavy (non-hydrogen) atoms. The smallest absolute Gasteiger partial charge is 0.0965 e. The van der Waals surface area contributed by atoms with Crippen LogP contribution < -0.4 is 0 Å². The molecule has 0 bridgehead atoms. The summed E-state index contributed by atoms with van der Waals surface area (Å²) in [6, 6.07) is 0. The molecule has 2 heteroatoms. The number of hydrogen-bond acceptors (Lipinski definition) is 2. The normalized spacial score (nSPS) is 45.8. The van der Waals surface area contributed by atoms with E-state index in [9.17, 15) is 0 Å². The van der Waals surface area contributed by atoms with Crippen molar-refractivity contribution in [1.29, 1.82) is 0 Å². The van der Waals surface area contributed by atoms with E-state index in [4.69, 9.17) is 9.47 Å². The van der Waals surface area contributed by atoms with Crippen LogP contribution in [0.3, 0.4) is 0 Å². The highest BCUT2D eigenvalue weighted by Gasteiger charge is 2.56. The first-order valence-corrected chi connectivity index (χ1v) is 4.61. The zero-order chi connectivity index (χ0) is 7.36. The van der Waals surface area contributed by atoms with Crippen LogP contribution in [0.15, 0.2) is 0 Å². The molecular weight excluding hydrogens is 140 g/mol. The van der Waals surface area contributed by atoms with Crippen LogP contribution in [-0.4, -0.2) is 24.4 Å². The maximum absolute atomic E-state index is 5.80. The van der Waals surface area contributed by atoms with Crippen LogP contribution in [0.2, 0.25) is 0 Å². The fourth-order valence-corrected chi connectivity index (χ4v) is 2.42. The van der Waals surface area contributed by atoms with Crippen molar-refractivity contribution in [2.75, 3.05) is 13.2 Å². The van der Waals surface area contributed by atoms with Gasteiger partial charge in [-0.15, -0.1) is 0 Å².